The summed E-state index contributed by atoms with van der Waals surface area (Å²) in [5.41, 5.74) is 0.835. The molecule has 3 rings (SSSR count). The maximum atomic E-state index is 10.6. The molecule has 0 amide bonds. The molecule has 0 bridgehead atoms. The highest BCUT2D eigenvalue weighted by molar-refractivity contribution is 5.42. The zero-order valence-electron chi connectivity index (χ0n) is 18.2. The number of hydrogen-bond donors (Lipinski definition) is 8. The van der Waals surface area contributed by atoms with Crippen LogP contribution in [-0.2, 0) is 14.2 Å². The Balaban J connectivity index is 1.85. The number of aliphatic hydroxyl groups excluding tert-OH is 7. The summed E-state index contributed by atoms with van der Waals surface area (Å²) >= 11 is 0. The van der Waals surface area contributed by atoms with Crippen molar-refractivity contribution in [1.29, 1.82) is 0 Å². The van der Waals surface area contributed by atoms with Crippen molar-refractivity contribution in [2.75, 3.05) is 13.2 Å². The van der Waals surface area contributed by atoms with Gasteiger partial charge >= 0.3 is 0 Å². The number of benzene rings is 1. The first-order valence-corrected chi connectivity index (χ1v) is 10.7. The first kappa shape index (κ1) is 26.0. The number of hydrogen-bond acceptors (Lipinski definition) is 12. The van der Waals surface area contributed by atoms with E-state index < -0.39 is 74.6 Å². The lowest BCUT2D eigenvalue weighted by Crippen LogP contribution is -2.65. The molecule has 8 N–H and O–H groups in total. The van der Waals surface area contributed by atoms with E-state index in [-0.39, 0.29) is 17.4 Å². The highest BCUT2D eigenvalue weighted by Gasteiger charge is 2.51. The minimum atomic E-state index is -1.78. The second-order valence-corrected chi connectivity index (χ2v) is 8.50. The van der Waals surface area contributed by atoms with Crippen LogP contribution in [0, 0.1) is 0 Å². The quantitative estimate of drug-likeness (QED) is 0.206. The van der Waals surface area contributed by atoms with Crippen LogP contribution in [0.1, 0.15) is 25.3 Å². The van der Waals surface area contributed by atoms with Crippen molar-refractivity contribution >= 4 is 0 Å². The van der Waals surface area contributed by atoms with E-state index in [9.17, 15) is 40.9 Å². The normalized spacial score (nSPS) is 39.6. The van der Waals surface area contributed by atoms with Gasteiger partial charge in [0, 0.05) is 0 Å². The van der Waals surface area contributed by atoms with Gasteiger partial charge in [-0.15, -0.1) is 0 Å². The molecule has 0 spiro atoms. The topological polar surface area (TPSA) is 199 Å². The van der Waals surface area contributed by atoms with Crippen molar-refractivity contribution in [3.8, 4) is 11.5 Å². The Morgan fingerprint density at radius 3 is 1.94 bits per heavy atom. The lowest BCUT2D eigenvalue weighted by atomic mass is 9.97. The highest BCUT2D eigenvalue weighted by atomic mass is 16.8. The Morgan fingerprint density at radius 2 is 1.39 bits per heavy atom. The lowest BCUT2D eigenvalue weighted by molar-refractivity contribution is -0.358. The first-order valence-electron chi connectivity index (χ1n) is 10.7. The van der Waals surface area contributed by atoms with Gasteiger partial charge in [-0.2, -0.15) is 0 Å². The van der Waals surface area contributed by atoms with Gasteiger partial charge in [0.2, 0.25) is 6.29 Å². The van der Waals surface area contributed by atoms with E-state index in [1.165, 1.54) is 12.1 Å². The number of phenols is 1. The molecule has 2 fully saturated rings. The predicted octanol–water partition coefficient (Wildman–Crippen LogP) is -2.48. The van der Waals surface area contributed by atoms with Gasteiger partial charge in [-0.25, -0.2) is 0 Å². The van der Waals surface area contributed by atoms with Crippen LogP contribution >= 0.6 is 0 Å². The fourth-order valence-electron chi connectivity index (χ4n) is 3.75. The van der Waals surface area contributed by atoms with Crippen LogP contribution in [0.4, 0.5) is 0 Å². The molecule has 10 atom stereocenters. The molecule has 33 heavy (non-hydrogen) atoms. The van der Waals surface area contributed by atoms with Crippen LogP contribution in [0.2, 0.25) is 0 Å². The maximum Gasteiger partial charge on any atom is 0.229 e. The smallest absolute Gasteiger partial charge is 0.229 e. The Morgan fingerprint density at radius 1 is 0.818 bits per heavy atom. The van der Waals surface area contributed by atoms with E-state index in [4.69, 9.17) is 18.9 Å². The third kappa shape index (κ3) is 5.41. The zero-order chi connectivity index (χ0) is 24.4. The lowest BCUT2D eigenvalue weighted by Gasteiger charge is -2.45. The molecule has 0 radical (unpaired) electrons. The van der Waals surface area contributed by atoms with Crippen LogP contribution < -0.4 is 4.74 Å². The van der Waals surface area contributed by atoms with E-state index >= 15 is 0 Å². The molecular weight excluding hydrogens is 444 g/mol. The van der Waals surface area contributed by atoms with Crippen molar-refractivity contribution in [2.24, 2.45) is 0 Å². The maximum absolute atomic E-state index is 10.6. The van der Waals surface area contributed by atoms with Gasteiger partial charge < -0.3 is 59.8 Å². The number of aromatic hydroxyl groups is 1. The summed E-state index contributed by atoms with van der Waals surface area (Å²) in [7, 11) is 0. The monoisotopic (exact) mass is 476 g/mol. The molecule has 12 heteroatoms. The van der Waals surface area contributed by atoms with Crippen molar-refractivity contribution in [1.82, 2.24) is 0 Å². The number of rotatable bonds is 7. The summed E-state index contributed by atoms with van der Waals surface area (Å²) in [5.74, 6) is -0.126. The third-order valence-corrected chi connectivity index (χ3v) is 5.86. The van der Waals surface area contributed by atoms with Gasteiger partial charge in [-0.3, -0.25) is 0 Å². The largest absolute Gasteiger partial charge is 0.504 e. The molecule has 2 aliphatic heterocycles. The molecule has 2 saturated heterocycles. The average Bonchev–Trinajstić information content (AvgIpc) is 2.79. The minimum Gasteiger partial charge on any atom is -0.504 e. The van der Waals surface area contributed by atoms with Crippen LogP contribution in [0.25, 0.3) is 0 Å². The summed E-state index contributed by atoms with van der Waals surface area (Å²) < 4.78 is 22.1. The molecule has 0 saturated carbocycles. The molecule has 0 aromatic heterocycles. The minimum absolute atomic E-state index is 0.0351. The molecule has 1 aromatic rings. The Kier molecular flexibility index (Phi) is 8.50. The predicted molar refractivity (Wildman–Crippen MR) is 109 cm³/mol. The summed E-state index contributed by atoms with van der Waals surface area (Å²) in [6, 6.07) is 4.68. The van der Waals surface area contributed by atoms with Gasteiger partial charge in [-0.1, -0.05) is 19.9 Å². The molecule has 2 aliphatic rings. The van der Waals surface area contributed by atoms with Crippen LogP contribution in [0.5, 0.6) is 11.5 Å². The second-order valence-electron chi connectivity index (χ2n) is 8.50. The van der Waals surface area contributed by atoms with Crippen molar-refractivity contribution < 1.29 is 59.8 Å². The van der Waals surface area contributed by atoms with Crippen molar-refractivity contribution in [3.63, 3.8) is 0 Å². The Hall–Kier alpha value is -1.58. The summed E-state index contributed by atoms with van der Waals surface area (Å²) in [6.07, 6.45) is -15.6. The highest BCUT2D eigenvalue weighted by Crippen LogP contribution is 2.35. The Bertz CT molecular complexity index is 774. The van der Waals surface area contributed by atoms with E-state index in [1.54, 1.807) is 6.07 Å². The van der Waals surface area contributed by atoms with Crippen LogP contribution in [0.15, 0.2) is 18.2 Å². The molecule has 0 aliphatic carbocycles. The number of phenolic OH excluding ortho intramolecular Hbond substituents is 1. The van der Waals surface area contributed by atoms with E-state index in [0.29, 0.717) is 0 Å². The molecule has 2 heterocycles. The summed E-state index contributed by atoms with van der Waals surface area (Å²) in [6.45, 7) is 2.52. The fourth-order valence-corrected chi connectivity index (χ4v) is 3.75. The molecule has 1 aromatic carbocycles. The number of ether oxygens (including phenoxy) is 4. The summed E-state index contributed by atoms with van der Waals surface area (Å²) in [5, 5.41) is 80.3. The van der Waals surface area contributed by atoms with Crippen LogP contribution in [0.3, 0.4) is 0 Å². The van der Waals surface area contributed by atoms with Gasteiger partial charge in [0.05, 0.1) is 13.2 Å². The average molecular weight is 476 g/mol. The van der Waals surface area contributed by atoms with E-state index in [0.717, 1.165) is 5.56 Å². The SMILES string of the molecule is CC(C)c1ccc(OC2OC(CO)C(O)C(O)C2OC2OC(CO)C(O)C(O)C2O)c(O)c1. The van der Waals surface area contributed by atoms with E-state index in [1.807, 2.05) is 13.8 Å². The van der Waals surface area contributed by atoms with Crippen molar-refractivity contribution in [2.45, 2.75) is 81.2 Å². The molecule has 188 valence electrons. The molecule has 12 nitrogen and oxygen atoms in total. The standard InChI is InChI=1S/C21H32O12/c1-8(2)9-3-4-11(10(24)5-9)30-21-19(17(28)15(26)13(7-23)32-21)33-20-18(29)16(27)14(25)12(6-22)31-20/h3-5,8,12-29H,6-7H2,1-2H3. The summed E-state index contributed by atoms with van der Waals surface area (Å²) in [4.78, 5) is 0. The first-order chi connectivity index (χ1) is 15.6. The molecule has 10 unspecified atom stereocenters. The van der Waals surface area contributed by atoms with Gasteiger partial charge in [0.25, 0.3) is 0 Å². The van der Waals surface area contributed by atoms with Gasteiger partial charge in [-0.05, 0) is 23.6 Å². The third-order valence-electron chi connectivity index (χ3n) is 5.86. The van der Waals surface area contributed by atoms with Crippen LogP contribution in [-0.4, -0.2) is 115 Å². The Labute approximate surface area is 190 Å². The molecular formula is C21H32O12. The zero-order valence-corrected chi connectivity index (χ0v) is 18.2. The number of aliphatic hydroxyl groups is 7. The van der Waals surface area contributed by atoms with E-state index in [2.05, 4.69) is 0 Å². The second kappa shape index (κ2) is 10.8. The van der Waals surface area contributed by atoms with Gasteiger partial charge in [0.1, 0.15) is 42.7 Å². The van der Waals surface area contributed by atoms with Crippen molar-refractivity contribution in [3.05, 3.63) is 23.8 Å². The fraction of sp³-hybridized carbons (Fsp3) is 0.714. The van der Waals surface area contributed by atoms with Gasteiger partial charge in [0.15, 0.2) is 23.9 Å².